The summed E-state index contributed by atoms with van der Waals surface area (Å²) in [6, 6.07) is 5.13. The lowest BCUT2D eigenvalue weighted by Crippen LogP contribution is -1.93. The predicted octanol–water partition coefficient (Wildman–Crippen LogP) is 2.66. The molecule has 14 heavy (non-hydrogen) atoms. The number of nitrogens with zero attached hydrogens (tertiary/aromatic N) is 2. The molecule has 1 N–H and O–H groups in total. The molecule has 0 aliphatic heterocycles. The maximum Gasteiger partial charge on any atom is 0.197 e. The SMILES string of the molecule is CCc1nc(Br)nc2cc(O)ccc12. The van der Waals surface area contributed by atoms with Crippen LogP contribution in [0.25, 0.3) is 10.9 Å². The van der Waals surface area contributed by atoms with Crippen molar-refractivity contribution in [1.82, 2.24) is 9.97 Å². The lowest BCUT2D eigenvalue weighted by atomic mass is 10.1. The molecule has 0 spiro atoms. The molecule has 0 aliphatic rings. The van der Waals surface area contributed by atoms with E-state index in [0.717, 1.165) is 23.0 Å². The first-order chi connectivity index (χ1) is 6.70. The molecule has 0 saturated carbocycles. The molecule has 0 amide bonds. The molecule has 0 radical (unpaired) electrons. The molecule has 1 heterocycles. The van der Waals surface area contributed by atoms with Gasteiger partial charge < -0.3 is 5.11 Å². The van der Waals surface area contributed by atoms with E-state index in [9.17, 15) is 5.11 Å². The molecule has 1 aromatic carbocycles. The Labute approximate surface area is 89.9 Å². The average Bonchev–Trinajstić information content (AvgIpc) is 2.15. The van der Waals surface area contributed by atoms with Crippen LogP contribution in [0.4, 0.5) is 0 Å². The van der Waals surface area contributed by atoms with Crippen LogP contribution in [-0.4, -0.2) is 15.1 Å². The van der Waals surface area contributed by atoms with Gasteiger partial charge in [-0.15, -0.1) is 0 Å². The van der Waals surface area contributed by atoms with Crippen molar-refractivity contribution in [3.63, 3.8) is 0 Å². The van der Waals surface area contributed by atoms with Crippen LogP contribution in [0.3, 0.4) is 0 Å². The lowest BCUT2D eigenvalue weighted by molar-refractivity contribution is 0.476. The second-order valence-electron chi connectivity index (χ2n) is 2.99. The van der Waals surface area contributed by atoms with Gasteiger partial charge in [-0.2, -0.15) is 0 Å². The number of aromatic nitrogens is 2. The zero-order chi connectivity index (χ0) is 10.1. The van der Waals surface area contributed by atoms with E-state index in [1.807, 2.05) is 13.0 Å². The van der Waals surface area contributed by atoms with Gasteiger partial charge in [0, 0.05) is 11.5 Å². The molecule has 0 fully saturated rings. The summed E-state index contributed by atoms with van der Waals surface area (Å²) >= 11 is 3.24. The number of aryl methyl sites for hydroxylation is 1. The van der Waals surface area contributed by atoms with Crippen molar-refractivity contribution in [2.75, 3.05) is 0 Å². The fourth-order valence-electron chi connectivity index (χ4n) is 1.42. The van der Waals surface area contributed by atoms with Crippen LogP contribution in [0, 0.1) is 0 Å². The standard InChI is InChI=1S/C10H9BrN2O/c1-2-8-7-4-3-6(14)5-9(7)13-10(11)12-8/h3-5,14H,2H2,1H3. The number of phenols is 1. The zero-order valence-corrected chi connectivity index (χ0v) is 9.24. The molecule has 0 bridgehead atoms. The van der Waals surface area contributed by atoms with E-state index < -0.39 is 0 Å². The molecule has 0 unspecified atom stereocenters. The van der Waals surface area contributed by atoms with E-state index in [-0.39, 0.29) is 5.75 Å². The van der Waals surface area contributed by atoms with Crippen LogP contribution in [0.1, 0.15) is 12.6 Å². The van der Waals surface area contributed by atoms with Crippen LogP contribution in [0.5, 0.6) is 5.75 Å². The smallest absolute Gasteiger partial charge is 0.197 e. The summed E-state index contributed by atoms with van der Waals surface area (Å²) in [5.41, 5.74) is 1.76. The van der Waals surface area contributed by atoms with E-state index in [0.29, 0.717) is 4.73 Å². The summed E-state index contributed by atoms with van der Waals surface area (Å²) in [6.07, 6.45) is 0.850. The van der Waals surface area contributed by atoms with Gasteiger partial charge in [-0.25, -0.2) is 9.97 Å². The van der Waals surface area contributed by atoms with Gasteiger partial charge in [0.05, 0.1) is 11.2 Å². The number of fused-ring (bicyclic) bond motifs is 1. The van der Waals surface area contributed by atoms with Crippen LogP contribution < -0.4 is 0 Å². The van der Waals surface area contributed by atoms with Crippen molar-refractivity contribution in [3.05, 3.63) is 28.6 Å². The summed E-state index contributed by atoms with van der Waals surface area (Å²) in [4.78, 5) is 8.46. The first-order valence-corrected chi connectivity index (χ1v) is 5.15. The third kappa shape index (κ3) is 1.57. The molecular formula is C10H9BrN2O. The summed E-state index contributed by atoms with van der Waals surface area (Å²) in [5.74, 6) is 0.227. The topological polar surface area (TPSA) is 46.0 Å². The normalized spacial score (nSPS) is 10.7. The Bertz CT molecular complexity index is 480. The van der Waals surface area contributed by atoms with Gasteiger partial charge in [-0.05, 0) is 34.5 Å². The monoisotopic (exact) mass is 252 g/mol. The number of hydrogen-bond donors (Lipinski definition) is 1. The lowest BCUT2D eigenvalue weighted by Gasteiger charge is -2.03. The minimum atomic E-state index is 0.227. The molecule has 72 valence electrons. The van der Waals surface area contributed by atoms with Crippen molar-refractivity contribution in [2.24, 2.45) is 0 Å². The second kappa shape index (κ2) is 3.53. The summed E-state index contributed by atoms with van der Waals surface area (Å²) in [6.45, 7) is 2.04. The van der Waals surface area contributed by atoms with E-state index >= 15 is 0 Å². The molecule has 3 nitrogen and oxygen atoms in total. The van der Waals surface area contributed by atoms with Crippen molar-refractivity contribution in [1.29, 1.82) is 0 Å². The Kier molecular flexibility index (Phi) is 2.37. The molecule has 0 atom stereocenters. The maximum absolute atomic E-state index is 9.31. The minimum absolute atomic E-state index is 0.227. The molecule has 1 aromatic heterocycles. The van der Waals surface area contributed by atoms with Crippen molar-refractivity contribution in [3.8, 4) is 5.75 Å². The highest BCUT2D eigenvalue weighted by molar-refractivity contribution is 9.10. The third-order valence-electron chi connectivity index (χ3n) is 2.07. The van der Waals surface area contributed by atoms with Gasteiger partial charge >= 0.3 is 0 Å². The Balaban J connectivity index is 2.81. The highest BCUT2D eigenvalue weighted by Crippen LogP contribution is 2.22. The van der Waals surface area contributed by atoms with Gasteiger partial charge in [-0.3, -0.25) is 0 Å². The average molecular weight is 253 g/mol. The highest BCUT2D eigenvalue weighted by atomic mass is 79.9. The van der Waals surface area contributed by atoms with E-state index in [4.69, 9.17) is 0 Å². The quantitative estimate of drug-likeness (QED) is 0.794. The van der Waals surface area contributed by atoms with Crippen molar-refractivity contribution < 1.29 is 5.11 Å². The summed E-state index contributed by atoms with van der Waals surface area (Å²) in [7, 11) is 0. The molecule has 0 aliphatic carbocycles. The Morgan fingerprint density at radius 1 is 1.36 bits per heavy atom. The van der Waals surface area contributed by atoms with Gasteiger partial charge in [0.25, 0.3) is 0 Å². The Hall–Kier alpha value is -1.16. The summed E-state index contributed by atoms with van der Waals surface area (Å²) in [5, 5.41) is 10.3. The fraction of sp³-hybridized carbons (Fsp3) is 0.200. The van der Waals surface area contributed by atoms with Crippen molar-refractivity contribution in [2.45, 2.75) is 13.3 Å². The first kappa shape index (κ1) is 9.40. The Morgan fingerprint density at radius 3 is 2.86 bits per heavy atom. The highest BCUT2D eigenvalue weighted by Gasteiger charge is 2.04. The number of hydrogen-bond acceptors (Lipinski definition) is 3. The van der Waals surface area contributed by atoms with Gasteiger partial charge in [-0.1, -0.05) is 6.92 Å². The first-order valence-electron chi connectivity index (χ1n) is 4.36. The largest absolute Gasteiger partial charge is 0.508 e. The number of halogens is 1. The fourth-order valence-corrected chi connectivity index (χ4v) is 1.83. The van der Waals surface area contributed by atoms with Crippen LogP contribution in [0.2, 0.25) is 0 Å². The number of rotatable bonds is 1. The maximum atomic E-state index is 9.31. The molecule has 0 saturated heterocycles. The van der Waals surface area contributed by atoms with E-state index in [2.05, 4.69) is 25.9 Å². The van der Waals surface area contributed by atoms with Crippen LogP contribution >= 0.6 is 15.9 Å². The van der Waals surface area contributed by atoms with Crippen LogP contribution in [0.15, 0.2) is 22.9 Å². The molecular weight excluding hydrogens is 244 g/mol. The Morgan fingerprint density at radius 2 is 2.14 bits per heavy atom. The molecule has 2 aromatic rings. The number of phenolic OH excluding ortho intramolecular Hbond substituents is 1. The molecule has 4 heteroatoms. The number of benzene rings is 1. The number of aromatic hydroxyl groups is 1. The van der Waals surface area contributed by atoms with Gasteiger partial charge in [0.1, 0.15) is 5.75 Å². The van der Waals surface area contributed by atoms with Crippen LogP contribution in [-0.2, 0) is 6.42 Å². The van der Waals surface area contributed by atoms with E-state index in [1.54, 1.807) is 12.1 Å². The van der Waals surface area contributed by atoms with Gasteiger partial charge in [0.15, 0.2) is 4.73 Å². The predicted molar refractivity (Wildman–Crippen MR) is 58.3 cm³/mol. The van der Waals surface area contributed by atoms with E-state index in [1.165, 1.54) is 0 Å². The third-order valence-corrected chi connectivity index (χ3v) is 2.42. The summed E-state index contributed by atoms with van der Waals surface area (Å²) < 4.78 is 0.562. The minimum Gasteiger partial charge on any atom is -0.508 e. The van der Waals surface area contributed by atoms with Gasteiger partial charge in [0.2, 0.25) is 0 Å². The molecule has 2 rings (SSSR count). The zero-order valence-electron chi connectivity index (χ0n) is 7.66. The second-order valence-corrected chi connectivity index (χ2v) is 3.70. The van der Waals surface area contributed by atoms with Crippen molar-refractivity contribution >= 4 is 26.8 Å².